The molecule has 0 radical (unpaired) electrons. The number of halogens is 2. The van der Waals surface area contributed by atoms with E-state index in [1.807, 2.05) is 30.6 Å². The predicted molar refractivity (Wildman–Crippen MR) is 76.5 cm³/mol. The molecule has 0 saturated carbocycles. The van der Waals surface area contributed by atoms with Gasteiger partial charge in [-0.1, -0.05) is 44.0 Å². The first kappa shape index (κ1) is 11.0. The largest absolute Gasteiger partial charge is 0.299 e. The molecule has 0 spiro atoms. The van der Waals surface area contributed by atoms with Crippen molar-refractivity contribution in [2.75, 3.05) is 0 Å². The summed E-state index contributed by atoms with van der Waals surface area (Å²) in [6.45, 7) is 0. The maximum absolute atomic E-state index is 4.39. The van der Waals surface area contributed by atoms with Gasteiger partial charge in [-0.15, -0.1) is 0 Å². The first-order chi connectivity index (χ1) is 8.24. The molecule has 0 atom stereocenters. The zero-order valence-electron chi connectivity index (χ0n) is 8.77. The van der Waals surface area contributed by atoms with E-state index >= 15 is 0 Å². The lowest BCUT2D eigenvalue weighted by molar-refractivity contribution is 1.09. The molecular weight excluding hydrogens is 344 g/mol. The van der Waals surface area contributed by atoms with Gasteiger partial charge >= 0.3 is 0 Å². The van der Waals surface area contributed by atoms with Crippen LogP contribution < -0.4 is 0 Å². The van der Waals surface area contributed by atoms with Crippen LogP contribution in [-0.4, -0.2) is 9.55 Å². The Morgan fingerprint density at radius 1 is 0.941 bits per heavy atom. The molecule has 4 heteroatoms. The lowest BCUT2D eigenvalue weighted by Crippen LogP contribution is -1.91. The van der Waals surface area contributed by atoms with Gasteiger partial charge in [-0.3, -0.25) is 4.57 Å². The van der Waals surface area contributed by atoms with E-state index in [1.165, 1.54) is 0 Å². The maximum Gasteiger partial charge on any atom is 0.100 e. The van der Waals surface area contributed by atoms with Crippen LogP contribution in [0.4, 0.5) is 0 Å². The molecule has 1 heterocycles. The van der Waals surface area contributed by atoms with Crippen LogP contribution in [-0.2, 0) is 0 Å². The minimum atomic E-state index is 1.00. The van der Waals surface area contributed by atoms with Gasteiger partial charge in [-0.05, 0) is 30.3 Å². The van der Waals surface area contributed by atoms with Gasteiger partial charge in [0.25, 0.3) is 0 Å². The Hall–Kier alpha value is -1.13. The van der Waals surface area contributed by atoms with Crippen LogP contribution in [0.25, 0.3) is 16.7 Å². The molecule has 1 aromatic heterocycles. The van der Waals surface area contributed by atoms with Crippen molar-refractivity contribution in [2.45, 2.75) is 0 Å². The Labute approximate surface area is 116 Å². The van der Waals surface area contributed by atoms with Gasteiger partial charge in [0.15, 0.2) is 0 Å². The molecule has 0 unspecified atom stereocenters. The SMILES string of the molecule is Brc1cc(Br)cc(-n2cnc3ccccc32)c1. The van der Waals surface area contributed by atoms with Gasteiger partial charge in [0, 0.05) is 14.6 Å². The van der Waals surface area contributed by atoms with Gasteiger partial charge in [0.2, 0.25) is 0 Å². The Morgan fingerprint density at radius 3 is 2.41 bits per heavy atom. The molecule has 0 amide bonds. The van der Waals surface area contributed by atoms with E-state index in [0.29, 0.717) is 0 Å². The first-order valence-corrected chi connectivity index (χ1v) is 6.71. The van der Waals surface area contributed by atoms with Crippen molar-refractivity contribution in [3.8, 4) is 5.69 Å². The number of hydrogen-bond acceptors (Lipinski definition) is 1. The van der Waals surface area contributed by atoms with E-state index in [0.717, 1.165) is 25.7 Å². The second-order valence-corrected chi connectivity index (χ2v) is 5.56. The van der Waals surface area contributed by atoms with Gasteiger partial charge in [0.05, 0.1) is 11.0 Å². The zero-order chi connectivity index (χ0) is 11.8. The second kappa shape index (κ2) is 4.27. The molecule has 3 rings (SSSR count). The van der Waals surface area contributed by atoms with Crippen molar-refractivity contribution < 1.29 is 0 Å². The maximum atomic E-state index is 4.39. The van der Waals surface area contributed by atoms with Crippen molar-refractivity contribution in [1.29, 1.82) is 0 Å². The zero-order valence-corrected chi connectivity index (χ0v) is 11.9. The van der Waals surface area contributed by atoms with Crippen molar-refractivity contribution in [3.63, 3.8) is 0 Å². The summed E-state index contributed by atoms with van der Waals surface area (Å²) in [4.78, 5) is 4.39. The van der Waals surface area contributed by atoms with E-state index in [9.17, 15) is 0 Å². The molecule has 0 aliphatic carbocycles. The number of benzene rings is 2. The number of rotatable bonds is 1. The Kier molecular flexibility index (Phi) is 2.76. The monoisotopic (exact) mass is 350 g/mol. The summed E-state index contributed by atoms with van der Waals surface area (Å²) < 4.78 is 4.16. The normalized spacial score (nSPS) is 10.9. The van der Waals surface area contributed by atoms with Crippen LogP contribution in [0.15, 0.2) is 57.7 Å². The van der Waals surface area contributed by atoms with Gasteiger partial charge in [-0.2, -0.15) is 0 Å². The summed E-state index contributed by atoms with van der Waals surface area (Å²) in [5.74, 6) is 0. The number of hydrogen-bond donors (Lipinski definition) is 0. The van der Waals surface area contributed by atoms with E-state index in [2.05, 4.69) is 59.6 Å². The molecule has 0 aliphatic rings. The van der Waals surface area contributed by atoms with E-state index in [-0.39, 0.29) is 0 Å². The third-order valence-corrected chi connectivity index (χ3v) is 3.49. The summed E-state index contributed by atoms with van der Waals surface area (Å²) in [5.41, 5.74) is 3.20. The van der Waals surface area contributed by atoms with Crippen molar-refractivity contribution in [3.05, 3.63) is 57.7 Å². The molecular formula is C13H8Br2N2. The summed E-state index contributed by atoms with van der Waals surface area (Å²) in [6.07, 6.45) is 1.85. The molecule has 0 aliphatic heterocycles. The molecule has 2 nitrogen and oxygen atoms in total. The average Bonchev–Trinajstić information content (AvgIpc) is 2.71. The molecule has 0 fully saturated rings. The molecule has 0 bridgehead atoms. The minimum Gasteiger partial charge on any atom is -0.299 e. The number of nitrogens with zero attached hydrogens (tertiary/aromatic N) is 2. The highest BCUT2D eigenvalue weighted by Gasteiger charge is 2.05. The fourth-order valence-corrected chi connectivity index (χ4v) is 3.11. The predicted octanol–water partition coefficient (Wildman–Crippen LogP) is 4.55. The van der Waals surface area contributed by atoms with Gasteiger partial charge in [0.1, 0.15) is 6.33 Å². The van der Waals surface area contributed by atoms with Crippen LogP contribution in [0, 0.1) is 0 Å². The molecule has 2 aromatic carbocycles. The Morgan fingerprint density at radius 2 is 1.65 bits per heavy atom. The van der Waals surface area contributed by atoms with Crippen LogP contribution in [0.1, 0.15) is 0 Å². The van der Waals surface area contributed by atoms with E-state index in [4.69, 9.17) is 0 Å². The topological polar surface area (TPSA) is 17.8 Å². The van der Waals surface area contributed by atoms with E-state index in [1.54, 1.807) is 0 Å². The Balaban J connectivity index is 2.27. The molecule has 0 saturated heterocycles. The smallest absolute Gasteiger partial charge is 0.100 e. The molecule has 3 aromatic rings. The second-order valence-electron chi connectivity index (χ2n) is 3.73. The lowest BCUT2D eigenvalue weighted by atomic mass is 10.3. The highest BCUT2D eigenvalue weighted by molar-refractivity contribution is 9.11. The highest BCUT2D eigenvalue weighted by Crippen LogP contribution is 2.25. The molecule has 84 valence electrons. The van der Waals surface area contributed by atoms with Crippen molar-refractivity contribution in [1.82, 2.24) is 9.55 Å². The fraction of sp³-hybridized carbons (Fsp3) is 0. The van der Waals surface area contributed by atoms with Crippen LogP contribution in [0.2, 0.25) is 0 Å². The van der Waals surface area contributed by atoms with Gasteiger partial charge in [-0.25, -0.2) is 4.98 Å². The fourth-order valence-electron chi connectivity index (χ4n) is 1.84. The lowest BCUT2D eigenvalue weighted by Gasteiger charge is -2.05. The highest BCUT2D eigenvalue weighted by atomic mass is 79.9. The summed E-state index contributed by atoms with van der Waals surface area (Å²) in [7, 11) is 0. The summed E-state index contributed by atoms with van der Waals surface area (Å²) in [6, 6.07) is 14.3. The van der Waals surface area contributed by atoms with Crippen molar-refractivity contribution >= 4 is 42.9 Å². The number of para-hydroxylation sites is 2. The standard InChI is InChI=1S/C13H8Br2N2/c14-9-5-10(15)7-11(6-9)17-8-16-12-3-1-2-4-13(12)17/h1-8H. The molecule has 17 heavy (non-hydrogen) atoms. The van der Waals surface area contributed by atoms with Gasteiger partial charge < -0.3 is 0 Å². The molecule has 0 N–H and O–H groups in total. The number of aromatic nitrogens is 2. The quantitative estimate of drug-likeness (QED) is 0.628. The van der Waals surface area contributed by atoms with E-state index < -0.39 is 0 Å². The Bertz CT molecular complexity index is 668. The van der Waals surface area contributed by atoms with Crippen molar-refractivity contribution in [2.24, 2.45) is 0 Å². The van der Waals surface area contributed by atoms with Crippen LogP contribution >= 0.6 is 31.9 Å². The first-order valence-electron chi connectivity index (χ1n) is 5.12. The van der Waals surface area contributed by atoms with Crippen LogP contribution in [0.3, 0.4) is 0 Å². The summed E-state index contributed by atoms with van der Waals surface area (Å²) >= 11 is 7.00. The summed E-state index contributed by atoms with van der Waals surface area (Å²) in [5, 5.41) is 0. The third-order valence-electron chi connectivity index (χ3n) is 2.58. The minimum absolute atomic E-state index is 1.00. The number of imidazole rings is 1. The third kappa shape index (κ3) is 2.03. The van der Waals surface area contributed by atoms with Crippen LogP contribution in [0.5, 0.6) is 0 Å². The number of fused-ring (bicyclic) bond motifs is 1. The average molecular weight is 352 g/mol.